The Morgan fingerprint density at radius 3 is 2.67 bits per heavy atom. The lowest BCUT2D eigenvalue weighted by molar-refractivity contribution is -0.128. The number of hydrogen-bond donors (Lipinski definition) is 1. The Hall–Kier alpha value is -2.57. The van der Waals surface area contributed by atoms with Crippen LogP contribution in [-0.2, 0) is 4.79 Å². The van der Waals surface area contributed by atoms with Crippen LogP contribution in [0, 0.1) is 5.92 Å². The zero-order valence-electron chi connectivity index (χ0n) is 14.0. The highest BCUT2D eigenvalue weighted by Gasteiger charge is 2.27. The molecule has 0 aliphatic heterocycles. The number of methoxy groups -OCH3 is 2. The fourth-order valence-electron chi connectivity index (χ4n) is 2.57. The first kappa shape index (κ1) is 16.3. The average Bonchev–Trinajstić information content (AvgIpc) is 3.02. The van der Waals surface area contributed by atoms with Crippen molar-refractivity contribution in [2.24, 2.45) is 5.92 Å². The molecule has 0 saturated heterocycles. The number of benzene rings is 1. The molecule has 1 atom stereocenters. The molecule has 7 heteroatoms. The van der Waals surface area contributed by atoms with Crippen molar-refractivity contribution in [3.8, 4) is 22.9 Å². The molecule has 0 spiro atoms. The Balaban J connectivity index is 1.73. The number of aromatic nitrogens is 2. The van der Waals surface area contributed by atoms with E-state index in [1.807, 2.05) is 13.0 Å². The molecular formula is C17H21N3O4. The predicted molar refractivity (Wildman–Crippen MR) is 86.7 cm³/mol. The van der Waals surface area contributed by atoms with E-state index in [0.717, 1.165) is 24.8 Å². The standard InChI is InChI=1S/C17H21N3O4/c1-10(18-16(21)11-5-4-6-11)17-19-15(20-24-17)12-7-8-13(22-2)14(9-12)23-3/h7-11H,4-6H2,1-3H3,(H,18,21). The first-order valence-corrected chi connectivity index (χ1v) is 7.98. The molecule has 128 valence electrons. The molecule has 1 aliphatic rings. The van der Waals surface area contributed by atoms with Crippen LogP contribution < -0.4 is 14.8 Å². The number of nitrogens with zero attached hydrogens (tertiary/aromatic N) is 2. The van der Waals surface area contributed by atoms with Gasteiger partial charge in [0.2, 0.25) is 17.6 Å². The first-order chi connectivity index (χ1) is 11.6. The van der Waals surface area contributed by atoms with E-state index in [0.29, 0.717) is 23.2 Å². The van der Waals surface area contributed by atoms with Crippen molar-refractivity contribution in [2.75, 3.05) is 14.2 Å². The van der Waals surface area contributed by atoms with Crippen molar-refractivity contribution in [1.29, 1.82) is 0 Å². The molecule has 1 aromatic carbocycles. The van der Waals surface area contributed by atoms with Gasteiger partial charge in [-0.05, 0) is 38.0 Å². The minimum atomic E-state index is -0.320. The number of carbonyl (C=O) groups is 1. The topological polar surface area (TPSA) is 86.5 Å². The maximum absolute atomic E-state index is 12.0. The second kappa shape index (κ2) is 6.90. The maximum Gasteiger partial charge on any atom is 0.249 e. The lowest BCUT2D eigenvalue weighted by Gasteiger charge is -2.25. The molecule has 0 bridgehead atoms. The smallest absolute Gasteiger partial charge is 0.249 e. The van der Waals surface area contributed by atoms with Crippen LogP contribution in [0.4, 0.5) is 0 Å². The van der Waals surface area contributed by atoms with Gasteiger partial charge in [-0.3, -0.25) is 4.79 Å². The molecule has 1 aliphatic carbocycles. The Kier molecular flexibility index (Phi) is 4.69. The number of carbonyl (C=O) groups excluding carboxylic acids is 1. The van der Waals surface area contributed by atoms with Crippen molar-refractivity contribution in [3.63, 3.8) is 0 Å². The van der Waals surface area contributed by atoms with Crippen LogP contribution in [0.15, 0.2) is 22.7 Å². The van der Waals surface area contributed by atoms with Crippen molar-refractivity contribution in [2.45, 2.75) is 32.2 Å². The summed E-state index contributed by atoms with van der Waals surface area (Å²) in [6.07, 6.45) is 3.04. The molecule has 1 amide bonds. The van der Waals surface area contributed by atoms with Gasteiger partial charge in [-0.2, -0.15) is 4.98 Å². The number of hydrogen-bond acceptors (Lipinski definition) is 6. The average molecular weight is 331 g/mol. The molecule has 1 fully saturated rings. The lowest BCUT2D eigenvalue weighted by Crippen LogP contribution is -2.36. The number of rotatable bonds is 6. The van der Waals surface area contributed by atoms with Gasteiger partial charge in [0.1, 0.15) is 6.04 Å². The first-order valence-electron chi connectivity index (χ1n) is 7.98. The highest BCUT2D eigenvalue weighted by molar-refractivity contribution is 5.79. The van der Waals surface area contributed by atoms with E-state index in [9.17, 15) is 4.79 Å². The van der Waals surface area contributed by atoms with Crippen molar-refractivity contribution >= 4 is 5.91 Å². The SMILES string of the molecule is COc1ccc(-c2noc(C(C)NC(=O)C3CCC3)n2)cc1OC. The second-order valence-electron chi connectivity index (χ2n) is 5.88. The summed E-state index contributed by atoms with van der Waals surface area (Å²) in [5, 5.41) is 6.91. The minimum Gasteiger partial charge on any atom is -0.493 e. The lowest BCUT2D eigenvalue weighted by atomic mass is 9.84. The van der Waals surface area contributed by atoms with Gasteiger partial charge in [-0.1, -0.05) is 11.6 Å². The monoisotopic (exact) mass is 331 g/mol. The summed E-state index contributed by atoms with van der Waals surface area (Å²) < 4.78 is 15.8. The van der Waals surface area contributed by atoms with E-state index in [1.165, 1.54) is 0 Å². The molecule has 3 rings (SSSR count). The number of ether oxygens (including phenoxy) is 2. The molecule has 7 nitrogen and oxygen atoms in total. The fraction of sp³-hybridized carbons (Fsp3) is 0.471. The Morgan fingerprint density at radius 1 is 1.29 bits per heavy atom. The summed E-state index contributed by atoms with van der Waals surface area (Å²) in [6, 6.07) is 5.07. The van der Waals surface area contributed by atoms with Crippen LogP contribution in [0.5, 0.6) is 11.5 Å². The summed E-state index contributed by atoms with van der Waals surface area (Å²) >= 11 is 0. The van der Waals surface area contributed by atoms with Gasteiger partial charge in [-0.25, -0.2) is 0 Å². The van der Waals surface area contributed by atoms with Crippen LogP contribution in [0.2, 0.25) is 0 Å². The number of amides is 1. The Labute approximate surface area is 140 Å². The van der Waals surface area contributed by atoms with Gasteiger partial charge in [0.05, 0.1) is 14.2 Å². The third-order valence-corrected chi connectivity index (χ3v) is 4.29. The molecular weight excluding hydrogens is 310 g/mol. The molecule has 1 unspecified atom stereocenters. The van der Waals surface area contributed by atoms with Crippen LogP contribution in [0.3, 0.4) is 0 Å². The normalized spacial score (nSPS) is 15.5. The van der Waals surface area contributed by atoms with Gasteiger partial charge in [0.25, 0.3) is 0 Å². The summed E-state index contributed by atoms with van der Waals surface area (Å²) in [7, 11) is 3.15. The minimum absolute atomic E-state index is 0.0552. The van der Waals surface area contributed by atoms with Crippen molar-refractivity contribution < 1.29 is 18.8 Å². The summed E-state index contributed by atoms with van der Waals surface area (Å²) in [4.78, 5) is 16.4. The predicted octanol–water partition coefficient (Wildman–Crippen LogP) is 2.73. The zero-order valence-corrected chi connectivity index (χ0v) is 14.0. The summed E-state index contributed by atoms with van der Waals surface area (Å²) in [5.41, 5.74) is 0.750. The van der Waals surface area contributed by atoms with Crippen molar-refractivity contribution in [1.82, 2.24) is 15.5 Å². The van der Waals surface area contributed by atoms with E-state index in [-0.39, 0.29) is 17.9 Å². The molecule has 24 heavy (non-hydrogen) atoms. The van der Waals surface area contributed by atoms with E-state index in [2.05, 4.69) is 15.5 Å². The summed E-state index contributed by atoms with van der Waals surface area (Å²) in [5.74, 6) is 2.22. The van der Waals surface area contributed by atoms with Crippen LogP contribution in [0.25, 0.3) is 11.4 Å². The molecule has 1 heterocycles. The third kappa shape index (κ3) is 3.20. The summed E-state index contributed by atoms with van der Waals surface area (Å²) in [6.45, 7) is 1.84. The van der Waals surface area contributed by atoms with Crippen LogP contribution in [-0.4, -0.2) is 30.3 Å². The van der Waals surface area contributed by atoms with E-state index in [1.54, 1.807) is 26.4 Å². The van der Waals surface area contributed by atoms with Gasteiger partial charge in [0, 0.05) is 11.5 Å². The Morgan fingerprint density at radius 2 is 2.04 bits per heavy atom. The van der Waals surface area contributed by atoms with Gasteiger partial charge in [0.15, 0.2) is 11.5 Å². The second-order valence-corrected chi connectivity index (χ2v) is 5.88. The highest BCUT2D eigenvalue weighted by Crippen LogP contribution is 2.31. The molecule has 1 aromatic heterocycles. The van der Waals surface area contributed by atoms with Gasteiger partial charge < -0.3 is 19.3 Å². The van der Waals surface area contributed by atoms with Crippen LogP contribution >= 0.6 is 0 Å². The zero-order chi connectivity index (χ0) is 17.1. The van der Waals surface area contributed by atoms with Gasteiger partial charge >= 0.3 is 0 Å². The quantitative estimate of drug-likeness (QED) is 0.876. The van der Waals surface area contributed by atoms with E-state index in [4.69, 9.17) is 14.0 Å². The largest absolute Gasteiger partial charge is 0.493 e. The highest BCUT2D eigenvalue weighted by atomic mass is 16.5. The van der Waals surface area contributed by atoms with E-state index < -0.39 is 0 Å². The third-order valence-electron chi connectivity index (χ3n) is 4.29. The van der Waals surface area contributed by atoms with Crippen molar-refractivity contribution in [3.05, 3.63) is 24.1 Å². The molecule has 2 aromatic rings. The number of nitrogens with one attached hydrogen (secondary N) is 1. The van der Waals surface area contributed by atoms with E-state index >= 15 is 0 Å². The fourth-order valence-corrected chi connectivity index (χ4v) is 2.57. The molecule has 1 N–H and O–H groups in total. The van der Waals surface area contributed by atoms with Gasteiger partial charge in [-0.15, -0.1) is 0 Å². The van der Waals surface area contributed by atoms with Crippen LogP contribution in [0.1, 0.15) is 38.1 Å². The Bertz CT molecular complexity index is 724. The molecule has 0 radical (unpaired) electrons. The maximum atomic E-state index is 12.0. The molecule has 1 saturated carbocycles.